The number of nitrogens with one attached hydrogen (secondary N) is 1. The van der Waals surface area contributed by atoms with E-state index < -0.39 is 0 Å². The van der Waals surface area contributed by atoms with Crippen LogP contribution in [-0.2, 0) is 0 Å². The van der Waals surface area contributed by atoms with Crippen LogP contribution in [0.1, 0.15) is 11.6 Å². The maximum Gasteiger partial charge on any atom is 0.123 e. The number of halogens is 2. The molecule has 0 spiro atoms. The molecule has 0 bridgehead atoms. The van der Waals surface area contributed by atoms with Crippen LogP contribution in [0.2, 0.25) is 5.02 Å². The molecule has 0 aliphatic carbocycles. The van der Waals surface area contributed by atoms with Crippen molar-refractivity contribution in [3.63, 3.8) is 0 Å². The average molecular weight is 281 g/mol. The summed E-state index contributed by atoms with van der Waals surface area (Å²) in [6.07, 6.45) is 0. The topological polar surface area (TPSA) is 47.3 Å². The lowest BCUT2D eigenvalue weighted by Gasteiger charge is -2.17. The predicted octanol–water partition coefficient (Wildman–Crippen LogP) is 3.06. The molecule has 0 fully saturated rings. The van der Waals surface area contributed by atoms with Gasteiger partial charge in [0.15, 0.2) is 0 Å². The van der Waals surface area contributed by atoms with Crippen LogP contribution in [0.15, 0.2) is 48.5 Å². The minimum Gasteiger partial charge on any atom is -0.492 e. The van der Waals surface area contributed by atoms with Crippen LogP contribution in [0.3, 0.4) is 0 Å². The van der Waals surface area contributed by atoms with Gasteiger partial charge in [-0.05, 0) is 42.0 Å². The van der Waals surface area contributed by atoms with E-state index in [1.165, 1.54) is 12.1 Å². The summed E-state index contributed by atoms with van der Waals surface area (Å²) in [5, 5.41) is 0.652. The molecule has 3 N–H and O–H groups in total. The number of nitrogens with two attached hydrogens (primary N) is 1. The minimum atomic E-state index is -0.279. The van der Waals surface area contributed by atoms with Gasteiger partial charge in [0, 0.05) is 5.02 Å². The van der Waals surface area contributed by atoms with E-state index in [2.05, 4.69) is 5.43 Å². The molecule has 1 atom stereocenters. The molecule has 100 valence electrons. The Morgan fingerprint density at radius 3 is 2.32 bits per heavy atom. The van der Waals surface area contributed by atoms with Gasteiger partial charge in [-0.15, -0.1) is 0 Å². The summed E-state index contributed by atoms with van der Waals surface area (Å²) in [6, 6.07) is 13.0. The van der Waals surface area contributed by atoms with Crippen molar-refractivity contribution in [1.82, 2.24) is 5.43 Å². The molecular formula is C14H14ClFN2O. The Kier molecular flexibility index (Phi) is 4.74. The lowest BCUT2D eigenvalue weighted by atomic mass is 10.1. The molecule has 0 amide bonds. The van der Waals surface area contributed by atoms with Crippen molar-refractivity contribution >= 4 is 11.6 Å². The third-order valence-corrected chi connectivity index (χ3v) is 2.96. The largest absolute Gasteiger partial charge is 0.492 e. The first-order valence-electron chi connectivity index (χ1n) is 5.79. The first-order valence-corrected chi connectivity index (χ1v) is 6.17. The van der Waals surface area contributed by atoms with Crippen molar-refractivity contribution in [2.24, 2.45) is 5.84 Å². The highest BCUT2D eigenvalue weighted by Crippen LogP contribution is 2.18. The molecule has 0 aliphatic rings. The quantitative estimate of drug-likeness (QED) is 0.654. The number of ether oxygens (including phenoxy) is 1. The van der Waals surface area contributed by atoms with Crippen LogP contribution < -0.4 is 16.0 Å². The number of rotatable bonds is 5. The Hall–Kier alpha value is -1.62. The molecular weight excluding hydrogens is 267 g/mol. The van der Waals surface area contributed by atoms with Crippen LogP contribution in [0.5, 0.6) is 5.75 Å². The minimum absolute atomic E-state index is 0.212. The van der Waals surface area contributed by atoms with E-state index in [1.807, 2.05) is 0 Å². The molecule has 0 aliphatic heterocycles. The van der Waals surface area contributed by atoms with Crippen LogP contribution in [0, 0.1) is 5.82 Å². The Morgan fingerprint density at radius 2 is 1.74 bits per heavy atom. The zero-order valence-corrected chi connectivity index (χ0v) is 10.9. The first kappa shape index (κ1) is 13.8. The van der Waals surface area contributed by atoms with Gasteiger partial charge in [0.25, 0.3) is 0 Å². The molecule has 0 saturated carbocycles. The van der Waals surface area contributed by atoms with E-state index in [4.69, 9.17) is 22.2 Å². The molecule has 0 heterocycles. The Labute approximate surface area is 116 Å². The van der Waals surface area contributed by atoms with Gasteiger partial charge < -0.3 is 4.74 Å². The van der Waals surface area contributed by atoms with Crippen LogP contribution >= 0.6 is 11.6 Å². The van der Waals surface area contributed by atoms with E-state index in [0.717, 1.165) is 5.56 Å². The zero-order chi connectivity index (χ0) is 13.7. The van der Waals surface area contributed by atoms with Crippen LogP contribution in [-0.4, -0.2) is 6.61 Å². The number of benzene rings is 2. The van der Waals surface area contributed by atoms with Crippen LogP contribution in [0.4, 0.5) is 4.39 Å². The normalized spacial score (nSPS) is 12.2. The number of hydrogen-bond donors (Lipinski definition) is 2. The summed E-state index contributed by atoms with van der Waals surface area (Å²) in [5.74, 6) is 5.91. The SMILES string of the molecule is NNC(COc1ccc(Cl)cc1)c1ccc(F)cc1. The summed E-state index contributed by atoms with van der Waals surface area (Å²) >= 11 is 5.79. The van der Waals surface area contributed by atoms with Crippen molar-refractivity contribution in [1.29, 1.82) is 0 Å². The van der Waals surface area contributed by atoms with E-state index in [0.29, 0.717) is 17.4 Å². The molecule has 2 aromatic carbocycles. The Morgan fingerprint density at radius 1 is 1.11 bits per heavy atom. The molecule has 0 radical (unpaired) electrons. The van der Waals surface area contributed by atoms with E-state index >= 15 is 0 Å². The number of hydrazine groups is 1. The van der Waals surface area contributed by atoms with E-state index in [9.17, 15) is 4.39 Å². The highest BCUT2D eigenvalue weighted by Gasteiger charge is 2.10. The average Bonchev–Trinajstić information content (AvgIpc) is 2.43. The highest BCUT2D eigenvalue weighted by atomic mass is 35.5. The molecule has 3 nitrogen and oxygen atoms in total. The molecule has 19 heavy (non-hydrogen) atoms. The van der Waals surface area contributed by atoms with Crippen molar-refractivity contribution in [3.05, 3.63) is 64.9 Å². The molecule has 5 heteroatoms. The second-order valence-corrected chi connectivity index (χ2v) is 4.47. The molecule has 1 unspecified atom stereocenters. The highest BCUT2D eigenvalue weighted by molar-refractivity contribution is 6.30. The molecule has 0 saturated heterocycles. The fourth-order valence-corrected chi connectivity index (χ4v) is 1.77. The van der Waals surface area contributed by atoms with Crippen molar-refractivity contribution in [2.75, 3.05) is 6.61 Å². The second kappa shape index (κ2) is 6.52. The van der Waals surface area contributed by atoms with Gasteiger partial charge in [0.2, 0.25) is 0 Å². The summed E-state index contributed by atoms with van der Waals surface area (Å²) in [6.45, 7) is 0.337. The Bertz CT molecular complexity index is 516. The lowest BCUT2D eigenvalue weighted by molar-refractivity contribution is 0.267. The molecule has 2 aromatic rings. The molecule has 0 aromatic heterocycles. The van der Waals surface area contributed by atoms with Crippen LogP contribution in [0.25, 0.3) is 0 Å². The summed E-state index contributed by atoms with van der Waals surface area (Å²) in [7, 11) is 0. The fourth-order valence-electron chi connectivity index (χ4n) is 1.65. The molecule has 2 rings (SSSR count). The van der Waals surface area contributed by atoms with Gasteiger partial charge >= 0.3 is 0 Å². The van der Waals surface area contributed by atoms with Crippen molar-refractivity contribution in [2.45, 2.75) is 6.04 Å². The fraction of sp³-hybridized carbons (Fsp3) is 0.143. The monoisotopic (exact) mass is 280 g/mol. The smallest absolute Gasteiger partial charge is 0.123 e. The summed E-state index contributed by atoms with van der Waals surface area (Å²) in [4.78, 5) is 0. The van der Waals surface area contributed by atoms with Gasteiger partial charge in [-0.25, -0.2) is 9.82 Å². The van der Waals surface area contributed by atoms with Gasteiger partial charge in [-0.2, -0.15) is 0 Å². The lowest BCUT2D eigenvalue weighted by Crippen LogP contribution is -2.32. The standard InChI is InChI=1S/C14H14ClFN2O/c15-11-3-7-13(8-4-11)19-9-14(18-17)10-1-5-12(16)6-2-10/h1-8,14,18H,9,17H2. The van der Waals surface area contributed by atoms with Crippen molar-refractivity contribution < 1.29 is 9.13 Å². The third-order valence-electron chi connectivity index (χ3n) is 2.70. The van der Waals surface area contributed by atoms with Crippen molar-refractivity contribution in [3.8, 4) is 5.75 Å². The Balaban J connectivity index is 1.99. The maximum absolute atomic E-state index is 12.8. The van der Waals surface area contributed by atoms with Gasteiger partial charge in [0.1, 0.15) is 18.2 Å². The summed E-state index contributed by atoms with van der Waals surface area (Å²) < 4.78 is 18.5. The van der Waals surface area contributed by atoms with Gasteiger partial charge in [-0.1, -0.05) is 23.7 Å². The summed E-state index contributed by atoms with van der Waals surface area (Å²) in [5.41, 5.74) is 3.51. The first-order chi connectivity index (χ1) is 9.19. The third kappa shape index (κ3) is 3.92. The number of hydrogen-bond acceptors (Lipinski definition) is 3. The second-order valence-electron chi connectivity index (χ2n) is 4.04. The van der Waals surface area contributed by atoms with E-state index in [-0.39, 0.29) is 11.9 Å². The zero-order valence-electron chi connectivity index (χ0n) is 10.1. The van der Waals surface area contributed by atoms with Gasteiger partial charge in [-0.3, -0.25) is 5.84 Å². The van der Waals surface area contributed by atoms with Gasteiger partial charge in [0.05, 0.1) is 6.04 Å². The maximum atomic E-state index is 12.8. The predicted molar refractivity (Wildman–Crippen MR) is 73.4 cm³/mol. The van der Waals surface area contributed by atoms with E-state index in [1.54, 1.807) is 36.4 Å².